The van der Waals surface area contributed by atoms with Crippen LogP contribution in [0.3, 0.4) is 0 Å². The van der Waals surface area contributed by atoms with E-state index in [1.54, 1.807) is 13.1 Å². The molecule has 0 aliphatic heterocycles. The van der Waals surface area contributed by atoms with Crippen LogP contribution in [0.15, 0.2) is 17.1 Å². The maximum absolute atomic E-state index is 12.2. The Morgan fingerprint density at radius 3 is 2.95 bits per heavy atom. The first-order chi connectivity index (χ1) is 10.1. The first-order valence-corrected chi connectivity index (χ1v) is 7.51. The highest BCUT2D eigenvalue weighted by molar-refractivity contribution is 5.93. The molecule has 21 heavy (non-hydrogen) atoms. The Bertz CT molecular complexity index is 710. The van der Waals surface area contributed by atoms with Gasteiger partial charge in [-0.05, 0) is 25.7 Å². The van der Waals surface area contributed by atoms with Crippen LogP contribution < -0.4 is 10.9 Å². The van der Waals surface area contributed by atoms with Crippen molar-refractivity contribution < 1.29 is 4.79 Å². The number of carbonyl (C=O) groups is 1. The number of hydrogen-bond acceptors (Lipinski definition) is 3. The molecule has 0 unspecified atom stereocenters. The molecule has 1 aliphatic rings. The Morgan fingerprint density at radius 2 is 2.19 bits per heavy atom. The fraction of sp³-hybridized carbons (Fsp3) is 0.533. The molecule has 6 heteroatoms. The predicted octanol–water partition coefficient (Wildman–Crippen LogP) is 1.64. The number of nitrogens with one attached hydrogen (secondary N) is 2. The van der Waals surface area contributed by atoms with Crippen molar-refractivity contribution in [3.8, 4) is 0 Å². The SMILES string of the molecule is Cc1cn2nc(C(=O)NCC3CCCCC3)cc2c(=O)[nH]1. The Morgan fingerprint density at radius 1 is 1.43 bits per heavy atom. The van der Waals surface area contributed by atoms with Crippen molar-refractivity contribution >= 4 is 11.4 Å². The molecule has 0 aromatic carbocycles. The number of fused-ring (bicyclic) bond motifs is 1. The molecule has 0 saturated heterocycles. The number of carbonyl (C=O) groups excluding carboxylic acids is 1. The molecule has 112 valence electrons. The molecule has 1 saturated carbocycles. The second-order valence-electron chi connectivity index (χ2n) is 5.84. The third kappa shape index (κ3) is 2.99. The number of hydrogen-bond donors (Lipinski definition) is 2. The average Bonchev–Trinajstić information content (AvgIpc) is 2.90. The van der Waals surface area contributed by atoms with Crippen LogP contribution in [0.1, 0.15) is 48.3 Å². The predicted molar refractivity (Wildman–Crippen MR) is 79.5 cm³/mol. The molecule has 1 fully saturated rings. The standard InChI is InChI=1S/C15H20N4O2/c1-10-9-19-13(15(21)17-10)7-12(18-19)14(20)16-8-11-5-3-2-4-6-11/h7,9,11H,2-6,8H2,1H3,(H,16,20)(H,17,21). The van der Waals surface area contributed by atoms with Gasteiger partial charge in [0.05, 0.1) is 0 Å². The highest BCUT2D eigenvalue weighted by atomic mass is 16.2. The third-order valence-electron chi connectivity index (χ3n) is 4.10. The number of aromatic nitrogens is 3. The van der Waals surface area contributed by atoms with Crippen molar-refractivity contribution in [3.05, 3.63) is 34.0 Å². The second kappa shape index (κ2) is 5.71. The first kappa shape index (κ1) is 13.9. The van der Waals surface area contributed by atoms with Crippen LogP contribution in [0.4, 0.5) is 0 Å². The minimum Gasteiger partial charge on any atom is -0.350 e. The lowest BCUT2D eigenvalue weighted by Gasteiger charge is -2.21. The van der Waals surface area contributed by atoms with Crippen LogP contribution in [0.2, 0.25) is 0 Å². The topological polar surface area (TPSA) is 79.3 Å². The van der Waals surface area contributed by atoms with E-state index in [1.807, 2.05) is 0 Å². The zero-order chi connectivity index (χ0) is 14.8. The summed E-state index contributed by atoms with van der Waals surface area (Å²) in [6.45, 7) is 2.48. The monoisotopic (exact) mass is 288 g/mol. The normalized spacial score (nSPS) is 16.2. The van der Waals surface area contributed by atoms with Gasteiger partial charge in [0, 0.05) is 24.5 Å². The fourth-order valence-corrected chi connectivity index (χ4v) is 2.95. The van der Waals surface area contributed by atoms with Gasteiger partial charge in [-0.3, -0.25) is 9.59 Å². The van der Waals surface area contributed by atoms with Crippen molar-refractivity contribution in [1.29, 1.82) is 0 Å². The van der Waals surface area contributed by atoms with Crippen LogP contribution >= 0.6 is 0 Å². The van der Waals surface area contributed by atoms with Gasteiger partial charge in [0.25, 0.3) is 11.5 Å². The molecule has 0 radical (unpaired) electrons. The number of aromatic amines is 1. The lowest BCUT2D eigenvalue weighted by Crippen LogP contribution is -2.30. The van der Waals surface area contributed by atoms with E-state index in [-0.39, 0.29) is 11.5 Å². The lowest BCUT2D eigenvalue weighted by atomic mass is 9.89. The van der Waals surface area contributed by atoms with E-state index in [2.05, 4.69) is 15.4 Å². The number of aryl methyl sites for hydroxylation is 1. The van der Waals surface area contributed by atoms with Crippen LogP contribution in [0.25, 0.3) is 5.52 Å². The van der Waals surface area contributed by atoms with E-state index in [0.29, 0.717) is 29.4 Å². The summed E-state index contributed by atoms with van der Waals surface area (Å²) in [7, 11) is 0. The van der Waals surface area contributed by atoms with Gasteiger partial charge >= 0.3 is 0 Å². The van der Waals surface area contributed by atoms with E-state index < -0.39 is 0 Å². The van der Waals surface area contributed by atoms with E-state index in [0.717, 1.165) is 0 Å². The molecule has 6 nitrogen and oxygen atoms in total. The number of amides is 1. The van der Waals surface area contributed by atoms with E-state index in [4.69, 9.17) is 0 Å². The van der Waals surface area contributed by atoms with Crippen molar-refractivity contribution in [3.63, 3.8) is 0 Å². The lowest BCUT2D eigenvalue weighted by molar-refractivity contribution is 0.0938. The molecule has 2 aromatic rings. The van der Waals surface area contributed by atoms with Crippen LogP contribution in [-0.4, -0.2) is 27.0 Å². The molecule has 2 aromatic heterocycles. The summed E-state index contributed by atoms with van der Waals surface area (Å²) in [4.78, 5) is 26.6. The van der Waals surface area contributed by atoms with Crippen molar-refractivity contribution in [2.45, 2.75) is 39.0 Å². The average molecular weight is 288 g/mol. The molecule has 3 rings (SSSR count). The molecular formula is C15H20N4O2. The van der Waals surface area contributed by atoms with E-state index >= 15 is 0 Å². The maximum Gasteiger partial charge on any atom is 0.274 e. The zero-order valence-electron chi connectivity index (χ0n) is 12.2. The number of rotatable bonds is 3. The molecule has 0 spiro atoms. The van der Waals surface area contributed by atoms with Gasteiger partial charge in [-0.25, -0.2) is 4.52 Å². The van der Waals surface area contributed by atoms with Gasteiger partial charge in [-0.2, -0.15) is 5.10 Å². The number of nitrogens with zero attached hydrogens (tertiary/aromatic N) is 2. The molecule has 0 atom stereocenters. The summed E-state index contributed by atoms with van der Waals surface area (Å²) in [5, 5.41) is 7.12. The molecule has 1 aliphatic carbocycles. The summed E-state index contributed by atoms with van der Waals surface area (Å²) in [6, 6.07) is 1.54. The minimum absolute atomic E-state index is 0.207. The summed E-state index contributed by atoms with van der Waals surface area (Å²) < 4.78 is 1.46. The smallest absolute Gasteiger partial charge is 0.274 e. The van der Waals surface area contributed by atoms with Gasteiger partial charge in [-0.15, -0.1) is 0 Å². The highest BCUT2D eigenvalue weighted by Gasteiger charge is 2.17. The van der Waals surface area contributed by atoms with Gasteiger partial charge < -0.3 is 10.3 Å². The van der Waals surface area contributed by atoms with Gasteiger partial charge in [0.1, 0.15) is 5.52 Å². The first-order valence-electron chi connectivity index (χ1n) is 7.51. The fourth-order valence-electron chi connectivity index (χ4n) is 2.95. The highest BCUT2D eigenvalue weighted by Crippen LogP contribution is 2.22. The maximum atomic E-state index is 12.2. The van der Waals surface area contributed by atoms with Gasteiger partial charge in [0.15, 0.2) is 5.69 Å². The van der Waals surface area contributed by atoms with Crippen LogP contribution in [-0.2, 0) is 0 Å². The molecule has 1 amide bonds. The van der Waals surface area contributed by atoms with Crippen molar-refractivity contribution in [1.82, 2.24) is 19.9 Å². The Labute approximate surface area is 122 Å². The summed E-state index contributed by atoms with van der Waals surface area (Å²) in [6.07, 6.45) is 7.88. The Hall–Kier alpha value is -2.11. The van der Waals surface area contributed by atoms with Gasteiger partial charge in [0.2, 0.25) is 0 Å². The Kier molecular flexibility index (Phi) is 3.77. The quantitative estimate of drug-likeness (QED) is 0.901. The summed E-state index contributed by atoms with van der Waals surface area (Å²) >= 11 is 0. The third-order valence-corrected chi connectivity index (χ3v) is 4.10. The van der Waals surface area contributed by atoms with Gasteiger partial charge in [-0.1, -0.05) is 19.3 Å². The van der Waals surface area contributed by atoms with Crippen molar-refractivity contribution in [2.75, 3.05) is 6.54 Å². The number of H-pyrrole nitrogens is 1. The second-order valence-corrected chi connectivity index (χ2v) is 5.84. The Balaban J connectivity index is 1.72. The summed E-state index contributed by atoms with van der Waals surface area (Å²) in [5.41, 5.74) is 1.17. The minimum atomic E-state index is -0.228. The largest absolute Gasteiger partial charge is 0.350 e. The molecule has 2 N–H and O–H groups in total. The van der Waals surface area contributed by atoms with Crippen LogP contribution in [0, 0.1) is 12.8 Å². The zero-order valence-corrected chi connectivity index (χ0v) is 12.2. The van der Waals surface area contributed by atoms with Crippen molar-refractivity contribution in [2.24, 2.45) is 5.92 Å². The molecular weight excluding hydrogens is 268 g/mol. The van der Waals surface area contributed by atoms with E-state index in [1.165, 1.54) is 42.7 Å². The summed E-state index contributed by atoms with van der Waals surface area (Å²) in [5.74, 6) is 0.367. The molecule has 2 heterocycles. The molecule has 0 bridgehead atoms. The van der Waals surface area contributed by atoms with E-state index in [9.17, 15) is 9.59 Å². The van der Waals surface area contributed by atoms with Crippen LogP contribution in [0.5, 0.6) is 0 Å².